The van der Waals surface area contributed by atoms with Crippen molar-refractivity contribution >= 4 is 5.91 Å². The van der Waals surface area contributed by atoms with Crippen molar-refractivity contribution in [1.82, 2.24) is 5.32 Å². The third-order valence-corrected chi connectivity index (χ3v) is 3.78. The van der Waals surface area contributed by atoms with Crippen molar-refractivity contribution in [1.29, 1.82) is 0 Å². The highest BCUT2D eigenvalue weighted by Gasteiger charge is 2.21. The molecule has 6 heteroatoms. The summed E-state index contributed by atoms with van der Waals surface area (Å²) in [6.45, 7) is 2.99. The lowest BCUT2D eigenvalue weighted by atomic mass is 10.0. The number of hydrogen-bond donors (Lipinski definition) is 2. The average molecular weight is 335 g/mol. The standard InChI is InChI=1S/C18H19F2NO3/c1-10-8-16(20)14(9-15(10)19)18(23)21-11(2)17(22)12-4-6-13(24-3)7-5-12/h4-9,11,17,22H,1-3H3,(H,21,23). The number of halogens is 2. The number of aliphatic hydroxyl groups is 1. The Kier molecular flexibility index (Phi) is 5.51. The smallest absolute Gasteiger partial charge is 0.254 e. The number of benzene rings is 2. The summed E-state index contributed by atoms with van der Waals surface area (Å²) in [6, 6.07) is 7.82. The summed E-state index contributed by atoms with van der Waals surface area (Å²) in [5.41, 5.74) is 0.293. The van der Waals surface area contributed by atoms with Crippen LogP contribution in [-0.2, 0) is 0 Å². The number of aryl methyl sites for hydroxylation is 1. The van der Waals surface area contributed by atoms with Crippen molar-refractivity contribution < 1.29 is 23.4 Å². The number of rotatable bonds is 5. The molecule has 0 spiro atoms. The van der Waals surface area contributed by atoms with E-state index in [0.29, 0.717) is 11.3 Å². The van der Waals surface area contributed by atoms with Crippen LogP contribution in [0.15, 0.2) is 36.4 Å². The molecule has 2 aromatic carbocycles. The SMILES string of the molecule is COc1ccc(C(O)C(C)NC(=O)c2cc(F)c(C)cc2F)cc1. The molecule has 0 bridgehead atoms. The molecule has 0 saturated heterocycles. The van der Waals surface area contributed by atoms with Crippen molar-refractivity contribution in [2.45, 2.75) is 26.0 Å². The van der Waals surface area contributed by atoms with Gasteiger partial charge in [0.25, 0.3) is 5.91 Å². The van der Waals surface area contributed by atoms with Gasteiger partial charge < -0.3 is 15.2 Å². The van der Waals surface area contributed by atoms with Crippen LogP contribution in [0.3, 0.4) is 0 Å². The Labute approximate surface area is 139 Å². The van der Waals surface area contributed by atoms with E-state index in [4.69, 9.17) is 4.74 Å². The van der Waals surface area contributed by atoms with Crippen LogP contribution < -0.4 is 10.1 Å². The first-order valence-electron chi connectivity index (χ1n) is 7.42. The van der Waals surface area contributed by atoms with Crippen LogP contribution in [0.5, 0.6) is 5.75 Å². The van der Waals surface area contributed by atoms with E-state index in [1.165, 1.54) is 14.0 Å². The van der Waals surface area contributed by atoms with Crippen molar-refractivity contribution in [2.75, 3.05) is 7.11 Å². The van der Waals surface area contributed by atoms with E-state index in [-0.39, 0.29) is 5.56 Å². The van der Waals surface area contributed by atoms with Crippen LogP contribution in [-0.4, -0.2) is 24.2 Å². The lowest BCUT2D eigenvalue weighted by Crippen LogP contribution is -2.37. The number of aliphatic hydroxyl groups excluding tert-OH is 1. The zero-order valence-corrected chi connectivity index (χ0v) is 13.6. The Hall–Kier alpha value is -2.47. The van der Waals surface area contributed by atoms with Crippen molar-refractivity contribution in [2.24, 2.45) is 0 Å². The summed E-state index contributed by atoms with van der Waals surface area (Å²) >= 11 is 0. The molecule has 2 unspecified atom stereocenters. The first-order valence-corrected chi connectivity index (χ1v) is 7.42. The van der Waals surface area contributed by atoms with Gasteiger partial charge in [-0.25, -0.2) is 8.78 Å². The lowest BCUT2D eigenvalue weighted by Gasteiger charge is -2.21. The minimum Gasteiger partial charge on any atom is -0.497 e. The molecule has 2 atom stereocenters. The third-order valence-electron chi connectivity index (χ3n) is 3.78. The number of carbonyl (C=O) groups is 1. The molecule has 0 aliphatic heterocycles. The molecule has 0 radical (unpaired) electrons. The summed E-state index contributed by atoms with van der Waals surface area (Å²) in [5.74, 6) is -1.62. The number of amides is 1. The van der Waals surface area contributed by atoms with Gasteiger partial charge in [-0.15, -0.1) is 0 Å². The maximum Gasteiger partial charge on any atom is 0.254 e. The molecule has 0 aliphatic rings. The molecule has 2 rings (SSSR count). The first kappa shape index (κ1) is 17.9. The molecule has 2 aromatic rings. The summed E-state index contributed by atoms with van der Waals surface area (Å²) in [6.07, 6.45) is -1.00. The molecule has 0 aliphatic carbocycles. The Bertz CT molecular complexity index is 732. The number of methoxy groups -OCH3 is 1. The van der Waals surface area contributed by atoms with Gasteiger partial charge in [-0.2, -0.15) is 0 Å². The summed E-state index contributed by atoms with van der Waals surface area (Å²) in [5, 5.41) is 12.8. The monoisotopic (exact) mass is 335 g/mol. The van der Waals surface area contributed by atoms with E-state index in [1.54, 1.807) is 31.2 Å². The second-order valence-corrected chi connectivity index (χ2v) is 5.56. The minimum absolute atomic E-state index is 0.121. The highest BCUT2D eigenvalue weighted by molar-refractivity contribution is 5.94. The largest absolute Gasteiger partial charge is 0.497 e. The fourth-order valence-electron chi connectivity index (χ4n) is 2.27. The van der Waals surface area contributed by atoms with E-state index in [1.807, 2.05) is 0 Å². The van der Waals surface area contributed by atoms with Gasteiger partial charge >= 0.3 is 0 Å². The van der Waals surface area contributed by atoms with E-state index in [9.17, 15) is 18.7 Å². The molecule has 2 N–H and O–H groups in total. The molecule has 0 fully saturated rings. The quantitative estimate of drug-likeness (QED) is 0.882. The average Bonchev–Trinajstić information content (AvgIpc) is 2.57. The van der Waals surface area contributed by atoms with Gasteiger partial charge in [0.2, 0.25) is 0 Å². The normalized spacial score (nSPS) is 13.2. The van der Waals surface area contributed by atoms with E-state index >= 15 is 0 Å². The maximum absolute atomic E-state index is 13.8. The van der Waals surface area contributed by atoms with Gasteiger partial charge in [-0.3, -0.25) is 4.79 Å². The molecule has 0 heterocycles. The Morgan fingerprint density at radius 2 is 1.79 bits per heavy atom. The molecule has 0 aromatic heterocycles. The second-order valence-electron chi connectivity index (χ2n) is 5.56. The molecule has 0 saturated carbocycles. The number of hydrogen-bond acceptors (Lipinski definition) is 3. The van der Waals surface area contributed by atoms with E-state index in [2.05, 4.69) is 5.32 Å². The summed E-state index contributed by atoms with van der Waals surface area (Å²) in [4.78, 5) is 12.1. The zero-order valence-electron chi connectivity index (χ0n) is 13.6. The molecular weight excluding hydrogens is 316 g/mol. The van der Waals surface area contributed by atoms with Crippen molar-refractivity contribution in [3.63, 3.8) is 0 Å². The fraction of sp³-hybridized carbons (Fsp3) is 0.278. The maximum atomic E-state index is 13.8. The van der Waals surface area contributed by atoms with Crippen LogP contribution >= 0.6 is 0 Å². The van der Waals surface area contributed by atoms with Crippen LogP contribution in [0, 0.1) is 18.6 Å². The van der Waals surface area contributed by atoms with Gasteiger partial charge in [-0.05, 0) is 49.2 Å². The molecule has 128 valence electrons. The van der Waals surface area contributed by atoms with Crippen molar-refractivity contribution in [3.05, 3.63) is 64.7 Å². The van der Waals surface area contributed by atoms with Gasteiger partial charge in [0.05, 0.1) is 24.8 Å². The van der Waals surface area contributed by atoms with Gasteiger partial charge in [-0.1, -0.05) is 12.1 Å². The Balaban J connectivity index is 2.11. The minimum atomic E-state index is -1.00. The Morgan fingerprint density at radius 3 is 2.38 bits per heavy atom. The van der Waals surface area contributed by atoms with Gasteiger partial charge in [0, 0.05) is 0 Å². The molecule has 1 amide bonds. The highest BCUT2D eigenvalue weighted by Crippen LogP contribution is 2.21. The molecule has 24 heavy (non-hydrogen) atoms. The Morgan fingerprint density at radius 1 is 1.17 bits per heavy atom. The highest BCUT2D eigenvalue weighted by atomic mass is 19.1. The summed E-state index contributed by atoms with van der Waals surface area (Å²) < 4.78 is 32.4. The van der Waals surface area contributed by atoms with E-state index < -0.39 is 35.3 Å². The van der Waals surface area contributed by atoms with Crippen LogP contribution in [0.25, 0.3) is 0 Å². The predicted molar refractivity (Wildman–Crippen MR) is 86.0 cm³/mol. The number of nitrogens with one attached hydrogen (secondary N) is 1. The summed E-state index contributed by atoms with van der Waals surface area (Å²) in [7, 11) is 1.53. The first-order chi connectivity index (χ1) is 11.3. The van der Waals surface area contributed by atoms with Crippen LogP contribution in [0.1, 0.15) is 34.5 Å². The van der Waals surface area contributed by atoms with Crippen molar-refractivity contribution in [3.8, 4) is 5.75 Å². The third kappa shape index (κ3) is 3.89. The predicted octanol–water partition coefficient (Wildman–Crippen LogP) is 3.13. The number of ether oxygens (including phenoxy) is 1. The zero-order chi connectivity index (χ0) is 17.9. The fourth-order valence-corrected chi connectivity index (χ4v) is 2.27. The van der Waals surface area contributed by atoms with Gasteiger partial charge in [0.1, 0.15) is 17.4 Å². The lowest BCUT2D eigenvalue weighted by molar-refractivity contribution is 0.0847. The number of carbonyl (C=O) groups excluding carboxylic acids is 1. The van der Waals surface area contributed by atoms with Crippen LogP contribution in [0.2, 0.25) is 0 Å². The van der Waals surface area contributed by atoms with Gasteiger partial charge in [0.15, 0.2) is 0 Å². The molecular formula is C18H19F2NO3. The molecule has 4 nitrogen and oxygen atoms in total. The van der Waals surface area contributed by atoms with E-state index in [0.717, 1.165) is 12.1 Å². The topological polar surface area (TPSA) is 58.6 Å². The van der Waals surface area contributed by atoms with Crippen LogP contribution in [0.4, 0.5) is 8.78 Å². The second kappa shape index (κ2) is 7.40.